The van der Waals surface area contributed by atoms with E-state index in [1.165, 1.54) is 5.56 Å². The fourth-order valence-corrected chi connectivity index (χ4v) is 4.17. The second kappa shape index (κ2) is 7.37. The molecule has 3 aromatic rings. The number of piperidine rings is 1. The number of aromatic nitrogens is 5. The highest BCUT2D eigenvalue weighted by atomic mass is 16.1. The van der Waals surface area contributed by atoms with Gasteiger partial charge in [0.2, 0.25) is 0 Å². The number of nitrogens with one attached hydrogen (secondary N) is 1. The third-order valence-corrected chi connectivity index (χ3v) is 5.88. The fourth-order valence-electron chi connectivity index (χ4n) is 4.17. The van der Waals surface area contributed by atoms with E-state index in [2.05, 4.69) is 66.1 Å². The van der Waals surface area contributed by atoms with Crippen LogP contribution in [0.5, 0.6) is 0 Å². The van der Waals surface area contributed by atoms with E-state index in [1.807, 2.05) is 22.9 Å². The average Bonchev–Trinajstić information content (AvgIpc) is 3.14. The van der Waals surface area contributed by atoms with Gasteiger partial charge in [-0.05, 0) is 93.6 Å². The van der Waals surface area contributed by atoms with Crippen LogP contribution in [0.1, 0.15) is 63.5 Å². The van der Waals surface area contributed by atoms with E-state index in [1.54, 1.807) is 0 Å². The minimum absolute atomic E-state index is 0.0755. The van der Waals surface area contributed by atoms with Gasteiger partial charge < -0.3 is 4.98 Å². The Kier molecular flexibility index (Phi) is 5.02. The van der Waals surface area contributed by atoms with Gasteiger partial charge in [-0.25, -0.2) is 4.68 Å². The molecule has 2 aromatic heterocycles. The number of aryl methyl sites for hydroxylation is 1. The van der Waals surface area contributed by atoms with Crippen molar-refractivity contribution in [1.29, 1.82) is 0 Å². The van der Waals surface area contributed by atoms with Gasteiger partial charge in [0.05, 0.1) is 5.54 Å². The van der Waals surface area contributed by atoms with Crippen molar-refractivity contribution in [2.75, 3.05) is 13.1 Å². The first-order valence-corrected chi connectivity index (χ1v) is 10.4. The van der Waals surface area contributed by atoms with Gasteiger partial charge in [0, 0.05) is 11.1 Å². The Balaban J connectivity index is 1.89. The SMILES string of the molecule is Cc1ccc2[nH]c(=O)c(C(c3nnnn3C(C)(C)C)N3CCC(C)CC3)cc2c1. The van der Waals surface area contributed by atoms with E-state index in [-0.39, 0.29) is 17.1 Å². The van der Waals surface area contributed by atoms with Crippen molar-refractivity contribution in [3.8, 4) is 0 Å². The number of fused-ring (bicyclic) bond motifs is 1. The van der Waals surface area contributed by atoms with Gasteiger partial charge in [-0.15, -0.1) is 5.10 Å². The quantitative estimate of drug-likeness (QED) is 0.736. The predicted molar refractivity (Wildman–Crippen MR) is 114 cm³/mol. The lowest BCUT2D eigenvalue weighted by Crippen LogP contribution is -2.41. The van der Waals surface area contributed by atoms with E-state index in [0.717, 1.165) is 42.7 Å². The Labute approximate surface area is 171 Å². The summed E-state index contributed by atoms with van der Waals surface area (Å²) < 4.78 is 1.86. The summed E-state index contributed by atoms with van der Waals surface area (Å²) in [5.74, 6) is 1.42. The lowest BCUT2D eigenvalue weighted by molar-refractivity contribution is 0.144. The first-order valence-electron chi connectivity index (χ1n) is 10.4. The highest BCUT2D eigenvalue weighted by Crippen LogP contribution is 2.32. The van der Waals surface area contributed by atoms with Crippen LogP contribution in [0.15, 0.2) is 29.1 Å². The van der Waals surface area contributed by atoms with Crippen molar-refractivity contribution in [1.82, 2.24) is 30.1 Å². The summed E-state index contributed by atoms with van der Waals surface area (Å²) in [5.41, 5.74) is 2.37. The highest BCUT2D eigenvalue weighted by Gasteiger charge is 2.34. The molecule has 0 spiro atoms. The Morgan fingerprint density at radius 1 is 1.17 bits per heavy atom. The first kappa shape index (κ1) is 19.8. The zero-order valence-electron chi connectivity index (χ0n) is 17.9. The van der Waals surface area contributed by atoms with Crippen molar-refractivity contribution in [3.63, 3.8) is 0 Å². The van der Waals surface area contributed by atoms with Gasteiger partial charge in [0.15, 0.2) is 5.82 Å². The van der Waals surface area contributed by atoms with Crippen molar-refractivity contribution in [2.45, 2.75) is 59.0 Å². The molecule has 0 aliphatic carbocycles. The lowest BCUT2D eigenvalue weighted by atomic mass is 9.95. The second-order valence-electron chi connectivity index (χ2n) is 9.39. The lowest BCUT2D eigenvalue weighted by Gasteiger charge is -2.36. The van der Waals surface area contributed by atoms with Crippen molar-refractivity contribution in [2.24, 2.45) is 5.92 Å². The van der Waals surface area contributed by atoms with Gasteiger partial charge >= 0.3 is 0 Å². The minimum atomic E-state index is -0.277. The topological polar surface area (TPSA) is 79.7 Å². The molecular weight excluding hydrogens is 364 g/mol. The molecule has 1 aliphatic rings. The van der Waals surface area contributed by atoms with Crippen LogP contribution in [-0.2, 0) is 5.54 Å². The molecule has 1 atom stereocenters. The van der Waals surface area contributed by atoms with E-state index in [0.29, 0.717) is 11.5 Å². The summed E-state index contributed by atoms with van der Waals surface area (Å²) in [6.07, 6.45) is 2.22. The molecule has 7 heteroatoms. The third kappa shape index (κ3) is 3.83. The Hall–Kier alpha value is -2.54. The van der Waals surface area contributed by atoms with E-state index in [4.69, 9.17) is 0 Å². The molecule has 0 radical (unpaired) electrons. The van der Waals surface area contributed by atoms with E-state index in [9.17, 15) is 4.79 Å². The second-order valence-corrected chi connectivity index (χ2v) is 9.39. The third-order valence-electron chi connectivity index (χ3n) is 5.88. The Morgan fingerprint density at radius 2 is 1.90 bits per heavy atom. The van der Waals surface area contributed by atoms with Crippen LogP contribution in [0.25, 0.3) is 10.9 Å². The number of hydrogen-bond donors (Lipinski definition) is 1. The highest BCUT2D eigenvalue weighted by molar-refractivity contribution is 5.79. The van der Waals surface area contributed by atoms with Crippen LogP contribution < -0.4 is 5.56 Å². The molecule has 0 saturated carbocycles. The molecule has 1 fully saturated rings. The van der Waals surface area contributed by atoms with Crippen LogP contribution in [-0.4, -0.2) is 43.2 Å². The molecule has 154 valence electrons. The molecule has 4 rings (SSSR count). The van der Waals surface area contributed by atoms with Gasteiger partial charge in [0.1, 0.15) is 6.04 Å². The Bertz CT molecular complexity index is 1070. The number of hydrogen-bond acceptors (Lipinski definition) is 5. The van der Waals surface area contributed by atoms with Crippen LogP contribution in [0, 0.1) is 12.8 Å². The predicted octanol–water partition coefficient (Wildman–Crippen LogP) is 3.40. The number of pyridine rings is 1. The summed E-state index contributed by atoms with van der Waals surface area (Å²) in [6.45, 7) is 12.4. The van der Waals surface area contributed by atoms with Crippen molar-refractivity contribution >= 4 is 10.9 Å². The summed E-state index contributed by atoms with van der Waals surface area (Å²) in [4.78, 5) is 18.6. The first-order chi connectivity index (χ1) is 13.7. The average molecular weight is 395 g/mol. The van der Waals surface area contributed by atoms with Crippen LogP contribution in [0.2, 0.25) is 0 Å². The largest absolute Gasteiger partial charge is 0.322 e. The zero-order valence-corrected chi connectivity index (χ0v) is 17.9. The smallest absolute Gasteiger partial charge is 0.253 e. The van der Waals surface area contributed by atoms with E-state index < -0.39 is 0 Å². The normalized spacial score (nSPS) is 17.7. The number of aromatic amines is 1. The molecule has 0 amide bonds. The number of rotatable bonds is 3. The van der Waals surface area contributed by atoms with Gasteiger partial charge in [-0.1, -0.05) is 18.6 Å². The molecule has 1 unspecified atom stereocenters. The molecule has 0 bridgehead atoms. The van der Waals surface area contributed by atoms with Gasteiger partial charge in [0.25, 0.3) is 5.56 Å². The number of likely N-dealkylation sites (tertiary alicyclic amines) is 1. The molecule has 1 N–H and O–H groups in total. The fraction of sp³-hybridized carbons (Fsp3) is 0.545. The van der Waals surface area contributed by atoms with Crippen molar-refractivity contribution in [3.05, 3.63) is 51.6 Å². The summed E-state index contributed by atoms with van der Waals surface area (Å²) in [6, 6.07) is 7.83. The van der Waals surface area contributed by atoms with Crippen LogP contribution in [0.4, 0.5) is 0 Å². The molecule has 7 nitrogen and oxygen atoms in total. The number of nitrogens with zero attached hydrogens (tertiary/aromatic N) is 5. The molecule has 1 saturated heterocycles. The van der Waals surface area contributed by atoms with E-state index >= 15 is 0 Å². The van der Waals surface area contributed by atoms with Crippen LogP contribution >= 0.6 is 0 Å². The monoisotopic (exact) mass is 394 g/mol. The van der Waals surface area contributed by atoms with Crippen molar-refractivity contribution < 1.29 is 0 Å². The standard InChI is InChI=1S/C22H30N6O/c1-14-8-10-27(11-9-14)19(20-24-25-26-28(20)22(3,4)5)17-13-16-12-15(2)6-7-18(16)23-21(17)29/h6-7,12-14,19H,8-11H2,1-5H3,(H,23,29). The summed E-state index contributed by atoms with van der Waals surface area (Å²) >= 11 is 0. The number of tetrazole rings is 1. The zero-order chi connectivity index (χ0) is 20.8. The van der Waals surface area contributed by atoms with Crippen LogP contribution in [0.3, 0.4) is 0 Å². The summed E-state index contributed by atoms with van der Waals surface area (Å²) in [5, 5.41) is 13.7. The van der Waals surface area contributed by atoms with Gasteiger partial charge in [-0.3, -0.25) is 9.69 Å². The molecule has 29 heavy (non-hydrogen) atoms. The summed E-state index contributed by atoms with van der Waals surface area (Å²) in [7, 11) is 0. The van der Waals surface area contributed by atoms with Gasteiger partial charge in [-0.2, -0.15) is 0 Å². The minimum Gasteiger partial charge on any atom is -0.322 e. The maximum absolute atomic E-state index is 13.2. The molecule has 3 heterocycles. The maximum atomic E-state index is 13.2. The molecular formula is C22H30N6O. The maximum Gasteiger partial charge on any atom is 0.253 e. The molecule has 1 aliphatic heterocycles. The number of H-pyrrole nitrogens is 1. The number of benzene rings is 1. The molecule has 1 aromatic carbocycles. The Morgan fingerprint density at radius 3 is 2.59 bits per heavy atom.